The van der Waals surface area contributed by atoms with E-state index in [1.165, 1.54) is 18.6 Å². The van der Waals surface area contributed by atoms with Gasteiger partial charge in [-0.15, -0.1) is 0 Å². The molecule has 0 saturated heterocycles. The van der Waals surface area contributed by atoms with Crippen molar-refractivity contribution >= 4 is 11.9 Å². The molecule has 1 N–H and O–H groups in total. The standard InChI is InChI=1S/C21H24N2O3/c1-14-7-6-10-20(15(14)2)22-13-17-11-18(23(25)26)12-19(21(17)24)16-8-4-3-5-9-16/h3-5,8-9,11-15,20,24H,6-7,10H2,1-2H3. The maximum absolute atomic E-state index is 11.3. The largest absolute Gasteiger partial charge is 0.507 e. The van der Waals surface area contributed by atoms with Crippen molar-refractivity contribution in [2.75, 3.05) is 0 Å². The highest BCUT2D eigenvalue weighted by Crippen LogP contribution is 2.36. The molecular weight excluding hydrogens is 328 g/mol. The summed E-state index contributed by atoms with van der Waals surface area (Å²) in [5.74, 6) is 1.11. The first-order valence-corrected chi connectivity index (χ1v) is 9.07. The van der Waals surface area contributed by atoms with E-state index in [1.807, 2.05) is 30.3 Å². The van der Waals surface area contributed by atoms with Gasteiger partial charge in [0.25, 0.3) is 5.69 Å². The van der Waals surface area contributed by atoms with Crippen LogP contribution in [0.25, 0.3) is 11.1 Å². The minimum Gasteiger partial charge on any atom is -0.507 e. The van der Waals surface area contributed by atoms with Crippen molar-refractivity contribution in [2.24, 2.45) is 16.8 Å². The van der Waals surface area contributed by atoms with Crippen LogP contribution in [0.15, 0.2) is 47.5 Å². The van der Waals surface area contributed by atoms with E-state index in [9.17, 15) is 15.2 Å². The predicted molar refractivity (Wildman–Crippen MR) is 104 cm³/mol. The number of non-ortho nitro benzene ring substituents is 1. The lowest BCUT2D eigenvalue weighted by Crippen LogP contribution is -2.27. The summed E-state index contributed by atoms with van der Waals surface area (Å²) < 4.78 is 0. The average molecular weight is 352 g/mol. The smallest absolute Gasteiger partial charge is 0.270 e. The molecule has 5 heteroatoms. The quantitative estimate of drug-likeness (QED) is 0.466. The fourth-order valence-electron chi connectivity index (χ4n) is 3.62. The highest BCUT2D eigenvalue weighted by molar-refractivity contribution is 5.90. The summed E-state index contributed by atoms with van der Waals surface area (Å²) in [6.45, 7) is 4.44. The third kappa shape index (κ3) is 3.77. The van der Waals surface area contributed by atoms with Crippen LogP contribution in [-0.2, 0) is 0 Å². The van der Waals surface area contributed by atoms with Gasteiger partial charge in [-0.25, -0.2) is 0 Å². The Labute approximate surface area is 153 Å². The Hall–Kier alpha value is -2.69. The van der Waals surface area contributed by atoms with Gasteiger partial charge >= 0.3 is 0 Å². The van der Waals surface area contributed by atoms with Crippen LogP contribution in [0.5, 0.6) is 5.75 Å². The second-order valence-corrected chi connectivity index (χ2v) is 7.17. The zero-order valence-corrected chi connectivity index (χ0v) is 15.1. The van der Waals surface area contributed by atoms with E-state index in [0.717, 1.165) is 18.4 Å². The van der Waals surface area contributed by atoms with Gasteiger partial charge in [-0.05, 0) is 23.8 Å². The maximum atomic E-state index is 11.3. The van der Waals surface area contributed by atoms with Crippen molar-refractivity contribution in [3.63, 3.8) is 0 Å². The Kier molecular flexibility index (Phi) is 5.35. The molecule has 2 aromatic carbocycles. The molecule has 3 rings (SSSR count). The van der Waals surface area contributed by atoms with Gasteiger partial charge in [0.1, 0.15) is 5.75 Å². The molecule has 26 heavy (non-hydrogen) atoms. The number of benzene rings is 2. The summed E-state index contributed by atoms with van der Waals surface area (Å²) in [6.07, 6.45) is 4.98. The molecule has 1 aliphatic carbocycles. The Morgan fingerprint density at radius 1 is 1.19 bits per heavy atom. The number of hydrogen-bond donors (Lipinski definition) is 1. The van der Waals surface area contributed by atoms with E-state index in [2.05, 4.69) is 18.8 Å². The van der Waals surface area contributed by atoms with E-state index in [-0.39, 0.29) is 17.5 Å². The predicted octanol–water partition coefficient (Wildman–Crippen LogP) is 5.21. The molecule has 3 atom stereocenters. The van der Waals surface area contributed by atoms with Crippen LogP contribution >= 0.6 is 0 Å². The van der Waals surface area contributed by atoms with Gasteiger partial charge in [-0.3, -0.25) is 15.1 Å². The SMILES string of the molecule is CC1CCCC(N=Cc2cc([N+](=O)[O-])cc(-c3ccccc3)c2O)C1C. The summed E-state index contributed by atoms with van der Waals surface area (Å²) >= 11 is 0. The number of nitro benzene ring substituents is 1. The number of phenols is 1. The van der Waals surface area contributed by atoms with Crippen LogP contribution in [-0.4, -0.2) is 22.3 Å². The normalized spacial score (nSPS) is 23.2. The van der Waals surface area contributed by atoms with E-state index in [0.29, 0.717) is 23.0 Å². The van der Waals surface area contributed by atoms with E-state index >= 15 is 0 Å². The van der Waals surface area contributed by atoms with Gasteiger partial charge in [0, 0.05) is 29.5 Å². The lowest BCUT2D eigenvalue weighted by molar-refractivity contribution is -0.384. The topological polar surface area (TPSA) is 75.7 Å². The molecule has 0 heterocycles. The number of rotatable bonds is 4. The lowest BCUT2D eigenvalue weighted by atomic mass is 9.78. The molecule has 136 valence electrons. The number of phenolic OH excluding ortho intramolecular Hbond substituents is 1. The second kappa shape index (κ2) is 7.68. The van der Waals surface area contributed by atoms with Gasteiger partial charge < -0.3 is 5.11 Å². The second-order valence-electron chi connectivity index (χ2n) is 7.17. The molecule has 5 nitrogen and oxygen atoms in total. The van der Waals surface area contributed by atoms with Gasteiger partial charge in [0.2, 0.25) is 0 Å². The number of nitro groups is 1. The monoisotopic (exact) mass is 352 g/mol. The van der Waals surface area contributed by atoms with Gasteiger partial charge in [0.05, 0.1) is 11.0 Å². The Bertz CT molecular complexity index is 818. The first-order valence-electron chi connectivity index (χ1n) is 9.07. The Morgan fingerprint density at radius 2 is 1.92 bits per heavy atom. The van der Waals surface area contributed by atoms with E-state index < -0.39 is 4.92 Å². The molecular formula is C21H24N2O3. The molecule has 0 aromatic heterocycles. The van der Waals surface area contributed by atoms with Crippen molar-refractivity contribution in [1.82, 2.24) is 0 Å². The zero-order chi connectivity index (χ0) is 18.7. The van der Waals surface area contributed by atoms with Crippen molar-refractivity contribution < 1.29 is 10.0 Å². The molecule has 1 aliphatic rings. The molecule has 1 fully saturated rings. The third-order valence-corrected chi connectivity index (χ3v) is 5.49. The summed E-state index contributed by atoms with van der Waals surface area (Å²) in [4.78, 5) is 15.6. The summed E-state index contributed by atoms with van der Waals surface area (Å²) in [6, 6.07) is 12.2. The highest BCUT2D eigenvalue weighted by atomic mass is 16.6. The highest BCUT2D eigenvalue weighted by Gasteiger charge is 2.26. The minimum atomic E-state index is -0.436. The van der Waals surface area contributed by atoms with E-state index in [4.69, 9.17) is 0 Å². The molecule has 0 amide bonds. The summed E-state index contributed by atoms with van der Waals surface area (Å²) in [7, 11) is 0. The van der Waals surface area contributed by atoms with Crippen molar-refractivity contribution in [2.45, 2.75) is 39.2 Å². The first-order chi connectivity index (χ1) is 12.5. The van der Waals surface area contributed by atoms with E-state index in [1.54, 1.807) is 6.21 Å². The molecule has 0 aliphatic heterocycles. The van der Waals surface area contributed by atoms with Crippen LogP contribution in [0.4, 0.5) is 5.69 Å². The fraction of sp³-hybridized carbons (Fsp3) is 0.381. The maximum Gasteiger partial charge on any atom is 0.270 e. The molecule has 1 saturated carbocycles. The molecule has 0 radical (unpaired) electrons. The molecule has 0 bridgehead atoms. The third-order valence-electron chi connectivity index (χ3n) is 5.49. The number of aromatic hydroxyl groups is 1. The Morgan fingerprint density at radius 3 is 2.62 bits per heavy atom. The number of hydrogen-bond acceptors (Lipinski definition) is 4. The van der Waals surface area contributed by atoms with Crippen molar-refractivity contribution in [1.29, 1.82) is 0 Å². The number of nitrogens with zero attached hydrogens (tertiary/aromatic N) is 2. The molecule has 2 aromatic rings. The van der Waals surface area contributed by atoms with Crippen molar-refractivity contribution in [3.8, 4) is 16.9 Å². The Balaban J connectivity index is 1.99. The van der Waals surface area contributed by atoms with Crippen molar-refractivity contribution in [3.05, 3.63) is 58.1 Å². The first kappa shape index (κ1) is 18.1. The van der Waals surface area contributed by atoms with Crippen LogP contribution in [0, 0.1) is 22.0 Å². The minimum absolute atomic E-state index is 0.0297. The average Bonchev–Trinajstić information content (AvgIpc) is 2.64. The van der Waals surface area contributed by atoms with Crippen LogP contribution < -0.4 is 0 Å². The fourth-order valence-corrected chi connectivity index (χ4v) is 3.62. The molecule has 0 spiro atoms. The summed E-state index contributed by atoms with van der Waals surface area (Å²) in [5, 5.41) is 22.0. The van der Waals surface area contributed by atoms with Gasteiger partial charge in [0.15, 0.2) is 0 Å². The van der Waals surface area contributed by atoms with Crippen LogP contribution in [0.2, 0.25) is 0 Å². The summed E-state index contributed by atoms with van der Waals surface area (Å²) in [5.41, 5.74) is 1.53. The van der Waals surface area contributed by atoms with Crippen LogP contribution in [0.1, 0.15) is 38.7 Å². The number of aliphatic imine (C=N–C) groups is 1. The molecule has 3 unspecified atom stereocenters. The zero-order valence-electron chi connectivity index (χ0n) is 15.1. The lowest BCUT2D eigenvalue weighted by Gasteiger charge is -2.31. The van der Waals surface area contributed by atoms with Gasteiger partial charge in [-0.2, -0.15) is 0 Å². The van der Waals surface area contributed by atoms with Gasteiger partial charge in [-0.1, -0.05) is 57.0 Å². The van der Waals surface area contributed by atoms with Crippen LogP contribution in [0.3, 0.4) is 0 Å².